The fourth-order valence-electron chi connectivity index (χ4n) is 4.66. The van der Waals surface area contributed by atoms with Crippen molar-refractivity contribution >= 4 is 18.6 Å². The monoisotopic (exact) mass is 359 g/mol. The summed E-state index contributed by atoms with van der Waals surface area (Å²) in [6.07, 6.45) is 4.11. The van der Waals surface area contributed by atoms with E-state index in [-0.39, 0.29) is 5.41 Å². The van der Waals surface area contributed by atoms with Crippen LogP contribution in [0.15, 0.2) is 54.9 Å². The average Bonchev–Trinajstić information content (AvgIpc) is 2.61. The van der Waals surface area contributed by atoms with Gasteiger partial charge in [0, 0.05) is 34.6 Å². The van der Waals surface area contributed by atoms with Crippen LogP contribution in [0.1, 0.15) is 30.5 Å². The van der Waals surface area contributed by atoms with Crippen LogP contribution in [0.2, 0.25) is 13.1 Å². The summed E-state index contributed by atoms with van der Waals surface area (Å²) in [5, 5.41) is 2.89. The van der Waals surface area contributed by atoms with Crippen molar-refractivity contribution in [1.82, 2.24) is 4.98 Å². The van der Waals surface area contributed by atoms with Crippen LogP contribution in [0.25, 0.3) is 11.3 Å². The van der Waals surface area contributed by atoms with E-state index in [1.165, 1.54) is 33.3 Å². The Morgan fingerprint density at radius 1 is 0.962 bits per heavy atom. The van der Waals surface area contributed by atoms with Gasteiger partial charge in [0.2, 0.25) is 5.69 Å². The summed E-state index contributed by atoms with van der Waals surface area (Å²) in [5.74, 6) is 0. The van der Waals surface area contributed by atoms with Gasteiger partial charge in [-0.1, -0.05) is 45.1 Å². The van der Waals surface area contributed by atoms with Crippen LogP contribution in [0.5, 0.6) is 0 Å². The molecule has 0 fully saturated rings. The molecule has 1 aromatic carbocycles. The van der Waals surface area contributed by atoms with E-state index in [9.17, 15) is 0 Å². The van der Waals surface area contributed by atoms with Crippen molar-refractivity contribution in [2.24, 2.45) is 7.05 Å². The molecule has 3 heteroatoms. The summed E-state index contributed by atoms with van der Waals surface area (Å²) in [7, 11) is 0.215. The summed E-state index contributed by atoms with van der Waals surface area (Å²) in [6.45, 7) is 11.9. The molecule has 26 heavy (non-hydrogen) atoms. The molecule has 0 amide bonds. The first-order valence-electron chi connectivity index (χ1n) is 9.32. The normalized spacial score (nSPS) is 16.7. The lowest BCUT2D eigenvalue weighted by atomic mass is 9.77. The van der Waals surface area contributed by atoms with Gasteiger partial charge in [0.15, 0.2) is 6.20 Å². The van der Waals surface area contributed by atoms with Gasteiger partial charge in [0.25, 0.3) is 0 Å². The highest BCUT2D eigenvalue weighted by Gasteiger charge is 2.46. The predicted octanol–water partition coefficient (Wildman–Crippen LogP) is 3.34. The lowest BCUT2D eigenvalue weighted by molar-refractivity contribution is -0.660. The highest BCUT2D eigenvalue weighted by atomic mass is 28.3. The maximum Gasteiger partial charge on any atom is 0.212 e. The Morgan fingerprint density at radius 2 is 1.73 bits per heavy atom. The van der Waals surface area contributed by atoms with Gasteiger partial charge >= 0.3 is 0 Å². The van der Waals surface area contributed by atoms with E-state index in [0.29, 0.717) is 0 Å². The van der Waals surface area contributed by atoms with Crippen LogP contribution in [0, 0.1) is 6.92 Å². The summed E-state index contributed by atoms with van der Waals surface area (Å²) >= 11 is 0. The molecule has 0 bridgehead atoms. The minimum Gasteiger partial charge on any atom is -0.265 e. The Labute approximate surface area is 157 Å². The second-order valence-electron chi connectivity index (χ2n) is 8.53. The molecule has 0 saturated carbocycles. The lowest BCUT2D eigenvalue weighted by Gasteiger charge is -2.42. The second-order valence-corrected chi connectivity index (χ2v) is 12.7. The van der Waals surface area contributed by atoms with Gasteiger partial charge in [0.1, 0.15) is 15.1 Å². The highest BCUT2D eigenvalue weighted by Crippen LogP contribution is 2.38. The van der Waals surface area contributed by atoms with Gasteiger partial charge in [-0.3, -0.25) is 4.98 Å². The Hall–Kier alpha value is -2.26. The van der Waals surface area contributed by atoms with Gasteiger partial charge in [-0.15, -0.1) is 0 Å². The summed E-state index contributed by atoms with van der Waals surface area (Å²) in [5.41, 5.74) is 6.89. The first-order chi connectivity index (χ1) is 12.3. The molecule has 132 valence electrons. The van der Waals surface area contributed by atoms with Gasteiger partial charge in [0.05, 0.1) is 0 Å². The molecule has 0 unspecified atom stereocenters. The topological polar surface area (TPSA) is 16.8 Å². The van der Waals surface area contributed by atoms with Crippen LogP contribution in [0.4, 0.5) is 0 Å². The van der Waals surface area contributed by atoms with Crippen molar-refractivity contribution in [1.29, 1.82) is 0 Å². The SMILES string of the molecule is Cc1ccc2c(c1-c1cccc[n+]1C)[Si](C)(C)c1ncccc1C2(C)C. The first kappa shape index (κ1) is 17.2. The van der Waals surface area contributed by atoms with E-state index in [2.05, 4.69) is 94.1 Å². The number of rotatable bonds is 1. The Bertz CT molecular complexity index is 1020. The largest absolute Gasteiger partial charge is 0.265 e. The third kappa shape index (κ3) is 2.23. The molecule has 1 aliphatic heterocycles. The van der Waals surface area contributed by atoms with E-state index in [0.717, 1.165) is 0 Å². The van der Waals surface area contributed by atoms with Crippen molar-refractivity contribution in [2.45, 2.75) is 39.3 Å². The van der Waals surface area contributed by atoms with Crippen LogP contribution in [-0.4, -0.2) is 13.1 Å². The number of aromatic nitrogens is 2. The lowest BCUT2D eigenvalue weighted by Crippen LogP contribution is -2.64. The predicted molar refractivity (Wildman–Crippen MR) is 111 cm³/mol. The zero-order chi connectivity index (χ0) is 18.7. The van der Waals surface area contributed by atoms with Crippen molar-refractivity contribution in [3.05, 3.63) is 71.5 Å². The highest BCUT2D eigenvalue weighted by molar-refractivity contribution is 7.01. The van der Waals surface area contributed by atoms with Crippen molar-refractivity contribution in [3.8, 4) is 11.3 Å². The molecular formula is C23H27N2Si+. The molecule has 0 aliphatic carbocycles. The van der Waals surface area contributed by atoms with Crippen molar-refractivity contribution in [2.75, 3.05) is 0 Å². The summed E-state index contributed by atoms with van der Waals surface area (Å²) in [4.78, 5) is 4.91. The molecule has 2 aromatic heterocycles. The fraction of sp³-hybridized carbons (Fsp3) is 0.304. The molecule has 0 spiro atoms. The first-order valence-corrected chi connectivity index (χ1v) is 12.3. The zero-order valence-corrected chi connectivity index (χ0v) is 17.6. The average molecular weight is 360 g/mol. The van der Waals surface area contributed by atoms with E-state index in [1.807, 2.05) is 6.20 Å². The van der Waals surface area contributed by atoms with Crippen LogP contribution < -0.4 is 15.1 Å². The van der Waals surface area contributed by atoms with Crippen molar-refractivity contribution in [3.63, 3.8) is 0 Å². The molecule has 0 saturated heterocycles. The molecule has 1 aliphatic rings. The molecule has 0 N–H and O–H groups in total. The molecule has 4 rings (SSSR count). The third-order valence-electron chi connectivity index (χ3n) is 6.10. The number of fused-ring (bicyclic) bond motifs is 2. The van der Waals surface area contributed by atoms with Crippen LogP contribution in [0.3, 0.4) is 0 Å². The summed E-state index contributed by atoms with van der Waals surface area (Å²) < 4.78 is 2.24. The smallest absolute Gasteiger partial charge is 0.212 e. The Morgan fingerprint density at radius 3 is 2.46 bits per heavy atom. The molecular weight excluding hydrogens is 332 g/mol. The minimum atomic E-state index is -1.93. The molecule has 0 radical (unpaired) electrons. The number of benzene rings is 1. The number of hydrogen-bond acceptors (Lipinski definition) is 1. The maximum atomic E-state index is 4.91. The van der Waals surface area contributed by atoms with Crippen LogP contribution in [-0.2, 0) is 12.5 Å². The second kappa shape index (κ2) is 5.62. The van der Waals surface area contributed by atoms with Gasteiger partial charge in [-0.25, -0.2) is 4.57 Å². The number of nitrogens with zero attached hydrogens (tertiary/aromatic N) is 2. The minimum absolute atomic E-state index is 0.0305. The standard InChI is InChI=1S/C23H27N2Si/c1-16-12-13-17-21(20(16)19-11-7-8-15-25(19)4)26(5,6)22-18(23(17,2)3)10-9-14-24-22/h7-15H,1-6H3/q+1. The maximum absolute atomic E-state index is 4.91. The van der Waals surface area contributed by atoms with E-state index < -0.39 is 8.07 Å². The fourth-order valence-corrected chi connectivity index (χ4v) is 8.38. The van der Waals surface area contributed by atoms with E-state index in [1.54, 1.807) is 5.19 Å². The Kier molecular flexibility index (Phi) is 3.71. The van der Waals surface area contributed by atoms with Gasteiger partial charge in [-0.2, -0.15) is 0 Å². The molecule has 3 aromatic rings. The zero-order valence-electron chi connectivity index (χ0n) is 16.6. The molecule has 2 nitrogen and oxygen atoms in total. The number of aryl methyl sites for hydroxylation is 2. The van der Waals surface area contributed by atoms with Crippen LogP contribution >= 0.6 is 0 Å². The van der Waals surface area contributed by atoms with E-state index in [4.69, 9.17) is 4.98 Å². The van der Waals surface area contributed by atoms with Crippen molar-refractivity contribution < 1.29 is 4.57 Å². The number of hydrogen-bond donors (Lipinski definition) is 0. The number of pyridine rings is 2. The molecule has 0 atom stereocenters. The third-order valence-corrected chi connectivity index (χ3v) is 9.45. The quantitative estimate of drug-likeness (QED) is 0.481. The molecule has 3 heterocycles. The van der Waals surface area contributed by atoms with E-state index >= 15 is 0 Å². The van der Waals surface area contributed by atoms with Gasteiger partial charge in [-0.05, 0) is 40.9 Å². The Balaban J connectivity index is 2.15. The van der Waals surface area contributed by atoms with Gasteiger partial charge < -0.3 is 0 Å². The summed E-state index contributed by atoms with van der Waals surface area (Å²) in [6, 6.07) is 15.5.